The summed E-state index contributed by atoms with van der Waals surface area (Å²) < 4.78 is 13.9. The van der Waals surface area contributed by atoms with E-state index in [1.165, 1.54) is 23.9 Å². The number of amides is 2. The van der Waals surface area contributed by atoms with Gasteiger partial charge in [0.05, 0.1) is 10.6 Å². The van der Waals surface area contributed by atoms with E-state index < -0.39 is 0 Å². The molecule has 0 unspecified atom stereocenters. The van der Waals surface area contributed by atoms with E-state index >= 15 is 0 Å². The first-order chi connectivity index (χ1) is 14.5. The Hall–Kier alpha value is -2.64. The first-order valence-electron chi connectivity index (χ1n) is 10.1. The van der Waals surface area contributed by atoms with Gasteiger partial charge in [0.15, 0.2) is 0 Å². The molecule has 0 aromatic heterocycles. The van der Waals surface area contributed by atoms with Crippen molar-refractivity contribution in [2.45, 2.75) is 25.2 Å². The maximum Gasteiger partial charge on any atom is 0.262 e. The summed E-state index contributed by atoms with van der Waals surface area (Å²) in [7, 11) is 0. The highest BCUT2D eigenvalue weighted by molar-refractivity contribution is 8.04. The normalized spacial score (nSPS) is 14.5. The molecule has 1 aliphatic rings. The Kier molecular flexibility index (Phi) is 7.65. The molecule has 0 bridgehead atoms. The number of benzene rings is 2. The van der Waals surface area contributed by atoms with E-state index in [0.717, 1.165) is 31.0 Å². The van der Waals surface area contributed by atoms with Gasteiger partial charge in [0.2, 0.25) is 0 Å². The lowest BCUT2D eigenvalue weighted by molar-refractivity contribution is -0.112. The zero-order valence-electron chi connectivity index (χ0n) is 17.2. The predicted molar refractivity (Wildman–Crippen MR) is 120 cm³/mol. The van der Waals surface area contributed by atoms with Gasteiger partial charge in [0.1, 0.15) is 5.82 Å². The first kappa shape index (κ1) is 22.1. The highest BCUT2D eigenvalue weighted by Gasteiger charge is 2.22. The monoisotopic (exact) mass is 427 g/mol. The van der Waals surface area contributed by atoms with E-state index in [2.05, 4.69) is 29.4 Å². The van der Waals surface area contributed by atoms with Crippen LogP contribution in [0.15, 0.2) is 52.3 Å². The van der Waals surface area contributed by atoms with Crippen LogP contribution in [-0.4, -0.2) is 42.9 Å². The smallest absolute Gasteiger partial charge is 0.262 e. The number of nitrogens with one attached hydrogen (secondary N) is 2. The second-order valence-corrected chi connectivity index (χ2v) is 8.02. The summed E-state index contributed by atoms with van der Waals surface area (Å²) in [6.07, 6.45) is 2.42. The predicted octanol–water partition coefficient (Wildman–Crippen LogP) is 4.37. The Bertz CT molecular complexity index is 957. The molecule has 158 valence electrons. The van der Waals surface area contributed by atoms with E-state index in [0.29, 0.717) is 28.3 Å². The molecule has 0 aliphatic carbocycles. The van der Waals surface area contributed by atoms with Crippen LogP contribution in [0.1, 0.15) is 36.2 Å². The molecule has 2 N–H and O–H groups in total. The summed E-state index contributed by atoms with van der Waals surface area (Å²) in [5.41, 5.74) is 1.45. The zero-order valence-corrected chi connectivity index (χ0v) is 18.0. The average Bonchev–Trinajstić information content (AvgIpc) is 2.75. The minimum atomic E-state index is -0.378. The number of nitrogens with zero attached hydrogens (tertiary/aromatic N) is 1. The van der Waals surface area contributed by atoms with E-state index in [-0.39, 0.29) is 17.6 Å². The number of carbonyl (C=O) groups excluding carboxylic acids is 2. The van der Waals surface area contributed by atoms with Crippen molar-refractivity contribution >= 4 is 35.3 Å². The van der Waals surface area contributed by atoms with Crippen molar-refractivity contribution in [2.24, 2.45) is 0 Å². The van der Waals surface area contributed by atoms with E-state index in [1.54, 1.807) is 36.4 Å². The molecule has 3 rings (SSSR count). The van der Waals surface area contributed by atoms with Crippen molar-refractivity contribution in [3.63, 3.8) is 0 Å². The van der Waals surface area contributed by atoms with Gasteiger partial charge in [0, 0.05) is 22.6 Å². The Labute approximate surface area is 180 Å². The largest absolute Gasteiger partial charge is 0.352 e. The van der Waals surface area contributed by atoms with Gasteiger partial charge in [-0.25, -0.2) is 4.39 Å². The van der Waals surface area contributed by atoms with Crippen LogP contribution in [0.3, 0.4) is 0 Å². The molecule has 0 saturated heterocycles. The number of hydrogen-bond donors (Lipinski definition) is 2. The molecule has 0 spiro atoms. The number of halogens is 1. The lowest BCUT2D eigenvalue weighted by Crippen LogP contribution is -2.30. The molecule has 0 fully saturated rings. The maximum absolute atomic E-state index is 13.9. The van der Waals surface area contributed by atoms with Crippen LogP contribution in [0, 0.1) is 5.82 Å². The number of thioether (sulfide) groups is 1. The van der Waals surface area contributed by atoms with Crippen molar-refractivity contribution < 1.29 is 14.0 Å². The summed E-state index contributed by atoms with van der Waals surface area (Å²) in [4.78, 5) is 28.4. The molecule has 1 aliphatic heterocycles. The van der Waals surface area contributed by atoms with Gasteiger partial charge in [-0.2, -0.15) is 0 Å². The third kappa shape index (κ3) is 5.49. The standard InChI is InChI=1S/C23H26FN3O2S/c1-3-27(4-2)13-7-12-25-22(28)17-10-11-20-19(14-17)26-23(29)21(30-20)15-16-8-5-6-9-18(16)24/h5-6,8-11,14-15H,3-4,7,12-13H2,1-2H3,(H,25,28)(H,26,29)/b21-15+. The maximum atomic E-state index is 13.9. The molecule has 0 radical (unpaired) electrons. The first-order valence-corrected chi connectivity index (χ1v) is 10.9. The van der Waals surface area contributed by atoms with Crippen molar-refractivity contribution in [3.05, 3.63) is 64.3 Å². The summed E-state index contributed by atoms with van der Waals surface area (Å²) in [5.74, 6) is -0.853. The van der Waals surface area contributed by atoms with Gasteiger partial charge < -0.3 is 15.5 Å². The fourth-order valence-electron chi connectivity index (χ4n) is 3.18. The van der Waals surface area contributed by atoms with Crippen molar-refractivity contribution in [1.82, 2.24) is 10.2 Å². The van der Waals surface area contributed by atoms with Crippen molar-refractivity contribution in [2.75, 3.05) is 31.5 Å². The fourth-order valence-corrected chi connectivity index (χ4v) is 4.10. The SMILES string of the molecule is CCN(CC)CCCNC(=O)c1ccc2c(c1)NC(=O)/C(=C\c1ccccc1F)S2. The molecule has 5 nitrogen and oxygen atoms in total. The number of hydrogen-bond acceptors (Lipinski definition) is 4. The lowest BCUT2D eigenvalue weighted by Gasteiger charge is -2.20. The Morgan fingerprint density at radius 1 is 1.20 bits per heavy atom. The minimum absolute atomic E-state index is 0.163. The highest BCUT2D eigenvalue weighted by Crippen LogP contribution is 2.39. The Balaban J connectivity index is 1.64. The second kappa shape index (κ2) is 10.4. The second-order valence-electron chi connectivity index (χ2n) is 6.93. The van der Waals surface area contributed by atoms with Crippen LogP contribution in [0.4, 0.5) is 10.1 Å². The van der Waals surface area contributed by atoms with Crippen LogP contribution in [0.5, 0.6) is 0 Å². The van der Waals surface area contributed by atoms with Gasteiger partial charge >= 0.3 is 0 Å². The molecular weight excluding hydrogens is 401 g/mol. The summed E-state index contributed by atoms with van der Waals surface area (Å²) in [6, 6.07) is 11.5. The van der Waals surface area contributed by atoms with Crippen LogP contribution in [0.2, 0.25) is 0 Å². The highest BCUT2D eigenvalue weighted by atomic mass is 32.2. The van der Waals surface area contributed by atoms with Gasteiger partial charge in [-0.3, -0.25) is 9.59 Å². The molecule has 0 saturated carbocycles. The number of fused-ring (bicyclic) bond motifs is 1. The van der Waals surface area contributed by atoms with E-state index in [4.69, 9.17) is 0 Å². The van der Waals surface area contributed by atoms with Crippen LogP contribution in [0.25, 0.3) is 6.08 Å². The quantitative estimate of drug-likeness (QED) is 0.485. The van der Waals surface area contributed by atoms with E-state index in [9.17, 15) is 14.0 Å². The zero-order chi connectivity index (χ0) is 21.5. The fraction of sp³-hybridized carbons (Fsp3) is 0.304. The van der Waals surface area contributed by atoms with Gasteiger partial charge in [-0.1, -0.05) is 43.8 Å². The van der Waals surface area contributed by atoms with Crippen molar-refractivity contribution in [1.29, 1.82) is 0 Å². The molecule has 30 heavy (non-hydrogen) atoms. The molecule has 0 atom stereocenters. The third-order valence-corrected chi connectivity index (χ3v) is 6.06. The minimum Gasteiger partial charge on any atom is -0.352 e. The molecule has 7 heteroatoms. The number of carbonyl (C=O) groups is 2. The van der Waals surface area contributed by atoms with Gasteiger partial charge in [-0.05, 0) is 56.4 Å². The molecule has 2 aromatic rings. The van der Waals surface area contributed by atoms with Gasteiger partial charge in [0.25, 0.3) is 11.8 Å². The average molecular weight is 428 g/mol. The number of rotatable bonds is 8. The van der Waals surface area contributed by atoms with Gasteiger partial charge in [-0.15, -0.1) is 0 Å². The van der Waals surface area contributed by atoms with E-state index in [1.807, 2.05) is 0 Å². The van der Waals surface area contributed by atoms with Crippen LogP contribution < -0.4 is 10.6 Å². The molecule has 1 heterocycles. The van der Waals surface area contributed by atoms with Crippen molar-refractivity contribution in [3.8, 4) is 0 Å². The summed E-state index contributed by atoms with van der Waals surface area (Å²) in [5, 5.41) is 5.74. The topological polar surface area (TPSA) is 61.4 Å². The third-order valence-electron chi connectivity index (χ3n) is 4.96. The summed E-state index contributed by atoms with van der Waals surface area (Å²) in [6.45, 7) is 7.79. The van der Waals surface area contributed by atoms with Crippen LogP contribution in [-0.2, 0) is 4.79 Å². The summed E-state index contributed by atoms with van der Waals surface area (Å²) >= 11 is 1.26. The molecule has 2 amide bonds. The molecular formula is C23H26FN3O2S. The Morgan fingerprint density at radius 3 is 2.70 bits per heavy atom. The lowest BCUT2D eigenvalue weighted by atomic mass is 10.1. The van der Waals surface area contributed by atoms with Crippen LogP contribution >= 0.6 is 11.8 Å². The number of anilines is 1. The molecule has 2 aromatic carbocycles. The Morgan fingerprint density at radius 2 is 1.97 bits per heavy atom.